The van der Waals surface area contributed by atoms with E-state index in [1.165, 1.54) is 18.5 Å². The van der Waals surface area contributed by atoms with Crippen LogP contribution in [0.3, 0.4) is 0 Å². The van der Waals surface area contributed by atoms with Crippen molar-refractivity contribution >= 4 is 17.4 Å². The molecule has 27 heavy (non-hydrogen) atoms. The number of nitrogens with one attached hydrogen (secondary N) is 2. The third-order valence-electron chi connectivity index (χ3n) is 3.72. The highest BCUT2D eigenvalue weighted by Crippen LogP contribution is 2.28. The molecule has 0 spiro atoms. The first-order valence-corrected chi connectivity index (χ1v) is 8.59. The molecule has 1 aromatic heterocycles. The van der Waals surface area contributed by atoms with Gasteiger partial charge in [-0.2, -0.15) is 5.26 Å². The highest BCUT2D eigenvalue weighted by Gasteiger charge is 2.12. The molecule has 0 radical (unpaired) electrons. The molecule has 1 heterocycles. The molecule has 0 bridgehead atoms. The average molecular weight is 365 g/mol. The summed E-state index contributed by atoms with van der Waals surface area (Å²) in [6.07, 6.45) is 5.75. The summed E-state index contributed by atoms with van der Waals surface area (Å²) in [5.74, 6) is 1.07. The maximum Gasteiger partial charge on any atom is 0.158 e. The molecule has 2 rings (SSSR count). The maximum absolute atomic E-state index is 8.75. The minimum atomic E-state index is 0.0466. The highest BCUT2D eigenvalue weighted by atomic mass is 16.5. The molecule has 0 saturated heterocycles. The van der Waals surface area contributed by atoms with Gasteiger partial charge in [-0.05, 0) is 31.0 Å². The van der Waals surface area contributed by atoms with Crippen LogP contribution < -0.4 is 21.5 Å². The van der Waals surface area contributed by atoms with Crippen LogP contribution in [0.25, 0.3) is 5.70 Å². The summed E-state index contributed by atoms with van der Waals surface area (Å²) in [6, 6.07) is 7.65. The molecule has 0 unspecified atom stereocenters. The molecular weight excluding hydrogens is 342 g/mol. The number of amidine groups is 1. The van der Waals surface area contributed by atoms with E-state index in [0.29, 0.717) is 30.4 Å². The van der Waals surface area contributed by atoms with Crippen molar-refractivity contribution in [2.45, 2.75) is 19.8 Å². The highest BCUT2D eigenvalue weighted by molar-refractivity contribution is 6.05. The average Bonchev–Trinajstić information content (AvgIpc) is 2.68. The van der Waals surface area contributed by atoms with Crippen molar-refractivity contribution in [1.29, 1.82) is 10.7 Å². The molecule has 0 fully saturated rings. The lowest BCUT2D eigenvalue weighted by Gasteiger charge is -2.15. The lowest BCUT2D eigenvalue weighted by Crippen LogP contribution is -2.13. The molecular formula is C19H23N7O. The van der Waals surface area contributed by atoms with E-state index in [1.807, 2.05) is 31.2 Å². The SMILES string of the molecule is CCc1cccc(OCCCN)c1/C(N)=C/C(=N)Nc1cnc(C#N)cn1. The van der Waals surface area contributed by atoms with Crippen LogP contribution in [0.2, 0.25) is 0 Å². The number of aryl methyl sites for hydroxylation is 1. The van der Waals surface area contributed by atoms with Crippen LogP contribution in [0.4, 0.5) is 5.82 Å². The zero-order chi connectivity index (χ0) is 19.6. The first-order valence-electron chi connectivity index (χ1n) is 8.59. The first-order chi connectivity index (χ1) is 13.1. The zero-order valence-corrected chi connectivity index (χ0v) is 15.2. The van der Waals surface area contributed by atoms with Crippen molar-refractivity contribution < 1.29 is 4.74 Å². The van der Waals surface area contributed by atoms with Gasteiger partial charge in [0.2, 0.25) is 0 Å². The van der Waals surface area contributed by atoms with Crippen molar-refractivity contribution in [3.63, 3.8) is 0 Å². The first kappa shape index (κ1) is 19.9. The summed E-state index contributed by atoms with van der Waals surface area (Å²) in [4.78, 5) is 7.93. The van der Waals surface area contributed by atoms with Gasteiger partial charge in [0.05, 0.1) is 19.0 Å². The smallest absolute Gasteiger partial charge is 0.158 e. The number of aromatic nitrogens is 2. The van der Waals surface area contributed by atoms with E-state index >= 15 is 0 Å². The lowest BCUT2D eigenvalue weighted by molar-refractivity contribution is 0.312. The van der Waals surface area contributed by atoms with Crippen LogP contribution in [-0.2, 0) is 6.42 Å². The molecule has 0 aliphatic carbocycles. The minimum absolute atomic E-state index is 0.0466. The van der Waals surface area contributed by atoms with Gasteiger partial charge in [-0.25, -0.2) is 9.97 Å². The van der Waals surface area contributed by atoms with Crippen LogP contribution in [0.5, 0.6) is 5.75 Å². The quantitative estimate of drug-likeness (QED) is 0.318. The van der Waals surface area contributed by atoms with Crippen molar-refractivity contribution in [2.75, 3.05) is 18.5 Å². The van der Waals surface area contributed by atoms with E-state index in [2.05, 4.69) is 15.3 Å². The van der Waals surface area contributed by atoms with Gasteiger partial charge in [-0.15, -0.1) is 0 Å². The molecule has 8 nitrogen and oxygen atoms in total. The molecule has 2 aromatic rings. The number of nitrogens with zero attached hydrogens (tertiary/aromatic N) is 3. The van der Waals surface area contributed by atoms with Crippen LogP contribution in [0.15, 0.2) is 36.7 Å². The monoisotopic (exact) mass is 365 g/mol. The fourth-order valence-corrected chi connectivity index (χ4v) is 2.44. The topological polar surface area (TPSA) is 147 Å². The van der Waals surface area contributed by atoms with Gasteiger partial charge in [0, 0.05) is 17.3 Å². The van der Waals surface area contributed by atoms with Gasteiger partial charge in [0.15, 0.2) is 5.69 Å². The molecule has 0 aliphatic heterocycles. The van der Waals surface area contributed by atoms with Gasteiger partial charge in [0.25, 0.3) is 0 Å². The number of ether oxygens (including phenoxy) is 1. The fourth-order valence-electron chi connectivity index (χ4n) is 2.44. The lowest BCUT2D eigenvalue weighted by atomic mass is 10.0. The largest absolute Gasteiger partial charge is 0.493 e. The molecule has 0 saturated carbocycles. The number of hydrogen-bond donors (Lipinski definition) is 4. The summed E-state index contributed by atoms with van der Waals surface area (Å²) in [6.45, 7) is 3.08. The number of rotatable bonds is 8. The van der Waals surface area contributed by atoms with Gasteiger partial charge in [-0.3, -0.25) is 5.41 Å². The van der Waals surface area contributed by atoms with Gasteiger partial charge in [-0.1, -0.05) is 19.1 Å². The van der Waals surface area contributed by atoms with Gasteiger partial charge < -0.3 is 21.5 Å². The molecule has 140 valence electrons. The Kier molecular flexibility index (Phi) is 7.28. The van der Waals surface area contributed by atoms with Crippen LogP contribution in [0.1, 0.15) is 30.2 Å². The fraction of sp³-hybridized carbons (Fsp3) is 0.263. The summed E-state index contributed by atoms with van der Waals surface area (Å²) in [5, 5.41) is 19.7. The Labute approximate surface area is 158 Å². The second-order valence-corrected chi connectivity index (χ2v) is 5.67. The predicted molar refractivity (Wildman–Crippen MR) is 105 cm³/mol. The summed E-state index contributed by atoms with van der Waals surface area (Å²) >= 11 is 0. The number of benzene rings is 1. The Balaban J connectivity index is 2.22. The molecule has 0 aliphatic rings. The molecule has 0 atom stereocenters. The number of nitriles is 1. The third kappa shape index (κ3) is 5.52. The summed E-state index contributed by atoms with van der Waals surface area (Å²) in [5.41, 5.74) is 14.2. The van der Waals surface area contributed by atoms with E-state index in [-0.39, 0.29) is 11.5 Å². The Morgan fingerprint density at radius 1 is 1.37 bits per heavy atom. The van der Waals surface area contributed by atoms with Crippen molar-refractivity contribution in [3.05, 3.63) is 53.5 Å². The Bertz CT molecular complexity index is 853. The maximum atomic E-state index is 8.75. The molecule has 6 N–H and O–H groups in total. The minimum Gasteiger partial charge on any atom is -0.493 e. The van der Waals surface area contributed by atoms with Gasteiger partial charge in [0.1, 0.15) is 23.5 Å². The Morgan fingerprint density at radius 3 is 2.81 bits per heavy atom. The van der Waals surface area contributed by atoms with Crippen molar-refractivity contribution in [1.82, 2.24) is 9.97 Å². The van der Waals surface area contributed by atoms with E-state index in [1.54, 1.807) is 0 Å². The van der Waals surface area contributed by atoms with Crippen molar-refractivity contribution in [3.8, 4) is 11.8 Å². The van der Waals surface area contributed by atoms with E-state index in [9.17, 15) is 0 Å². The zero-order valence-electron chi connectivity index (χ0n) is 15.2. The van der Waals surface area contributed by atoms with Crippen LogP contribution in [0, 0.1) is 16.7 Å². The Hall–Kier alpha value is -3.44. The number of hydrogen-bond acceptors (Lipinski definition) is 7. The van der Waals surface area contributed by atoms with E-state index in [0.717, 1.165) is 24.0 Å². The second-order valence-electron chi connectivity index (χ2n) is 5.67. The van der Waals surface area contributed by atoms with Crippen LogP contribution >= 0.6 is 0 Å². The second kappa shape index (κ2) is 9.89. The van der Waals surface area contributed by atoms with Gasteiger partial charge >= 0.3 is 0 Å². The van der Waals surface area contributed by atoms with Crippen LogP contribution in [-0.4, -0.2) is 29.0 Å². The number of anilines is 1. The molecule has 1 aromatic carbocycles. The van der Waals surface area contributed by atoms with Crippen molar-refractivity contribution in [2.24, 2.45) is 11.5 Å². The summed E-state index contributed by atoms with van der Waals surface area (Å²) < 4.78 is 5.82. The third-order valence-corrected chi connectivity index (χ3v) is 3.72. The van der Waals surface area contributed by atoms with E-state index < -0.39 is 0 Å². The number of nitrogens with two attached hydrogens (primary N) is 2. The Morgan fingerprint density at radius 2 is 2.19 bits per heavy atom. The normalized spacial score (nSPS) is 10.9. The predicted octanol–water partition coefficient (Wildman–Crippen LogP) is 2.03. The summed E-state index contributed by atoms with van der Waals surface area (Å²) in [7, 11) is 0. The molecule has 8 heteroatoms. The van der Waals surface area contributed by atoms with E-state index in [4.69, 9.17) is 26.9 Å². The standard InChI is InChI=1S/C19H23N7O/c1-2-13-5-3-6-16(27-8-4-7-20)19(13)15(22)9-17(23)26-18-12-24-14(10-21)11-25-18/h3,5-6,9,11-12H,2,4,7-8,20,22H2,1H3,(H2,23,25,26)/b15-9-. The molecule has 0 amide bonds.